The third-order valence-corrected chi connectivity index (χ3v) is 5.50. The lowest BCUT2D eigenvalue weighted by molar-refractivity contribution is -0.0663. The molecule has 0 atom stereocenters. The number of hydrogen-bond acceptors (Lipinski definition) is 5. The number of nitrogens with one attached hydrogen (secondary N) is 1. The maximum Gasteiger partial charge on any atom is 0.265 e. The van der Waals surface area contributed by atoms with E-state index in [9.17, 15) is 4.79 Å². The number of rotatable bonds is 2. The van der Waals surface area contributed by atoms with E-state index in [2.05, 4.69) is 42.6 Å². The van der Waals surface area contributed by atoms with Crippen LogP contribution in [0.25, 0.3) is 0 Å². The molecule has 3 N–H and O–H groups in total. The van der Waals surface area contributed by atoms with E-state index in [0.717, 1.165) is 17.2 Å². The number of carbonyl (C=O) groups excluding carboxylic acids is 1. The van der Waals surface area contributed by atoms with Gasteiger partial charge in [-0.25, -0.2) is 0 Å². The molecule has 1 aromatic rings. The Bertz CT molecular complexity index is 540. The molecule has 21 heavy (non-hydrogen) atoms. The van der Waals surface area contributed by atoms with E-state index in [-0.39, 0.29) is 34.2 Å². The van der Waals surface area contributed by atoms with Crippen LogP contribution >= 0.6 is 11.5 Å². The number of nitrogens with two attached hydrogens (primary N) is 1. The second-order valence-electron chi connectivity index (χ2n) is 8.23. The fourth-order valence-electron chi connectivity index (χ4n) is 3.58. The molecule has 0 saturated heterocycles. The minimum Gasteiger partial charge on any atom is -0.347 e. The van der Waals surface area contributed by atoms with Crippen molar-refractivity contribution in [1.82, 2.24) is 14.9 Å². The summed E-state index contributed by atoms with van der Waals surface area (Å²) in [6.07, 6.45) is 0. The zero-order chi connectivity index (χ0) is 16.2. The van der Waals surface area contributed by atoms with Crippen molar-refractivity contribution in [3.63, 3.8) is 0 Å². The Kier molecular flexibility index (Phi) is 3.70. The van der Waals surface area contributed by atoms with Gasteiger partial charge in [-0.05, 0) is 11.5 Å². The van der Waals surface area contributed by atoms with E-state index in [0.29, 0.717) is 4.88 Å². The average molecular weight is 310 g/mol. The van der Waals surface area contributed by atoms with Gasteiger partial charge in [0.15, 0.2) is 0 Å². The van der Waals surface area contributed by atoms with E-state index in [1.165, 1.54) is 0 Å². The largest absolute Gasteiger partial charge is 0.347 e. The van der Waals surface area contributed by atoms with Crippen LogP contribution in [0.15, 0.2) is 0 Å². The van der Waals surface area contributed by atoms with Crippen molar-refractivity contribution in [1.29, 1.82) is 0 Å². The van der Waals surface area contributed by atoms with Crippen LogP contribution in [0.1, 0.15) is 63.8 Å². The van der Waals surface area contributed by atoms with Gasteiger partial charge in [0.1, 0.15) is 4.88 Å². The molecule has 118 valence electrons. The summed E-state index contributed by atoms with van der Waals surface area (Å²) in [6, 6.07) is 0.111. The van der Waals surface area contributed by atoms with Gasteiger partial charge in [0.2, 0.25) is 0 Å². The van der Waals surface area contributed by atoms with Crippen LogP contribution in [-0.4, -0.2) is 27.6 Å². The molecule has 1 aliphatic rings. The molecule has 0 aliphatic heterocycles. The number of nitrogens with zero attached hydrogens (tertiary/aromatic N) is 2. The summed E-state index contributed by atoms with van der Waals surface area (Å²) in [4.78, 5) is 13.2. The van der Waals surface area contributed by atoms with E-state index in [1.54, 1.807) is 0 Å². The molecule has 0 spiro atoms. The van der Waals surface area contributed by atoms with E-state index in [4.69, 9.17) is 5.73 Å². The molecule has 2 rings (SSSR count). The highest BCUT2D eigenvalue weighted by atomic mass is 32.1. The molecule has 1 fully saturated rings. The highest BCUT2D eigenvalue weighted by Gasteiger charge is 2.60. The Morgan fingerprint density at radius 2 is 1.76 bits per heavy atom. The Balaban J connectivity index is 2.22. The van der Waals surface area contributed by atoms with Gasteiger partial charge in [-0.2, -0.15) is 0 Å². The SMILES string of the molecule is CC(C)(C)c1nnsc1C(=O)NC1C(C)(C)C(N)C1(C)C. The lowest BCUT2D eigenvalue weighted by Crippen LogP contribution is -2.76. The maximum atomic E-state index is 12.6. The van der Waals surface area contributed by atoms with Crippen molar-refractivity contribution in [3.8, 4) is 0 Å². The minimum absolute atomic E-state index is 0.0439. The summed E-state index contributed by atoms with van der Waals surface area (Å²) in [5, 5.41) is 7.28. The third-order valence-electron chi connectivity index (χ3n) is 4.77. The minimum atomic E-state index is -0.194. The van der Waals surface area contributed by atoms with Crippen LogP contribution in [0, 0.1) is 10.8 Å². The van der Waals surface area contributed by atoms with Gasteiger partial charge in [0.25, 0.3) is 5.91 Å². The molecule has 6 heteroatoms. The summed E-state index contributed by atoms with van der Waals surface area (Å²) in [5.41, 5.74) is 6.58. The first kappa shape index (κ1) is 16.4. The van der Waals surface area contributed by atoms with Gasteiger partial charge < -0.3 is 11.1 Å². The third kappa shape index (κ3) is 2.48. The van der Waals surface area contributed by atoms with E-state index in [1.807, 2.05) is 20.8 Å². The van der Waals surface area contributed by atoms with Gasteiger partial charge in [0.05, 0.1) is 5.69 Å². The lowest BCUT2D eigenvalue weighted by atomic mass is 9.48. The van der Waals surface area contributed by atoms with Crippen molar-refractivity contribution in [2.45, 2.75) is 66.0 Å². The van der Waals surface area contributed by atoms with Gasteiger partial charge in [-0.3, -0.25) is 4.79 Å². The monoisotopic (exact) mass is 310 g/mol. The van der Waals surface area contributed by atoms with Crippen LogP contribution in [0.4, 0.5) is 0 Å². The van der Waals surface area contributed by atoms with Gasteiger partial charge in [-0.1, -0.05) is 53.0 Å². The fourth-order valence-corrected chi connectivity index (χ4v) is 4.36. The summed E-state index contributed by atoms with van der Waals surface area (Å²) >= 11 is 1.16. The molecular formula is C15H26N4OS. The summed E-state index contributed by atoms with van der Waals surface area (Å²) in [7, 11) is 0. The van der Waals surface area contributed by atoms with Crippen molar-refractivity contribution in [3.05, 3.63) is 10.6 Å². The quantitative estimate of drug-likeness (QED) is 0.878. The first-order valence-electron chi connectivity index (χ1n) is 7.29. The first-order valence-corrected chi connectivity index (χ1v) is 8.06. The number of hydrogen-bond donors (Lipinski definition) is 2. The second kappa shape index (κ2) is 4.74. The molecule has 1 heterocycles. The fraction of sp³-hybridized carbons (Fsp3) is 0.800. The normalized spacial score (nSPS) is 27.0. The smallest absolute Gasteiger partial charge is 0.265 e. The molecule has 0 radical (unpaired) electrons. The molecule has 1 aromatic heterocycles. The lowest BCUT2D eigenvalue weighted by Gasteiger charge is -2.62. The molecule has 1 aliphatic carbocycles. The van der Waals surface area contributed by atoms with Crippen LogP contribution in [-0.2, 0) is 5.41 Å². The van der Waals surface area contributed by atoms with Crippen LogP contribution < -0.4 is 11.1 Å². The van der Waals surface area contributed by atoms with Gasteiger partial charge in [0, 0.05) is 28.3 Å². The van der Waals surface area contributed by atoms with E-state index >= 15 is 0 Å². The van der Waals surface area contributed by atoms with Gasteiger partial charge in [-0.15, -0.1) is 5.10 Å². The molecule has 0 bridgehead atoms. The predicted octanol–water partition coefficient (Wildman–Crippen LogP) is 2.33. The summed E-state index contributed by atoms with van der Waals surface area (Å²) in [6.45, 7) is 14.5. The van der Waals surface area contributed by atoms with Crippen LogP contribution in [0.2, 0.25) is 0 Å². The van der Waals surface area contributed by atoms with Crippen molar-refractivity contribution < 1.29 is 4.79 Å². The average Bonchev–Trinajstić information content (AvgIpc) is 2.83. The zero-order valence-electron chi connectivity index (χ0n) is 13.9. The number of carbonyl (C=O) groups is 1. The molecular weight excluding hydrogens is 284 g/mol. The Hall–Kier alpha value is -1.01. The topological polar surface area (TPSA) is 80.9 Å². The number of amides is 1. The highest BCUT2D eigenvalue weighted by molar-refractivity contribution is 7.08. The van der Waals surface area contributed by atoms with E-state index < -0.39 is 0 Å². The van der Waals surface area contributed by atoms with Crippen molar-refractivity contribution >= 4 is 17.4 Å². The molecule has 1 amide bonds. The Morgan fingerprint density at radius 3 is 2.24 bits per heavy atom. The van der Waals surface area contributed by atoms with Gasteiger partial charge >= 0.3 is 0 Å². The van der Waals surface area contributed by atoms with Crippen molar-refractivity contribution in [2.24, 2.45) is 16.6 Å². The maximum absolute atomic E-state index is 12.6. The van der Waals surface area contributed by atoms with Crippen molar-refractivity contribution in [2.75, 3.05) is 0 Å². The Morgan fingerprint density at radius 1 is 1.24 bits per heavy atom. The second-order valence-corrected chi connectivity index (χ2v) is 8.98. The van der Waals surface area contributed by atoms with Crippen LogP contribution in [0.3, 0.4) is 0 Å². The summed E-state index contributed by atoms with van der Waals surface area (Å²) < 4.78 is 3.95. The standard InChI is InChI=1S/C15H26N4OS/c1-13(2,3)9-8(21-19-18-9)10(20)17-12-14(4,5)11(16)15(12,6)7/h11-12H,16H2,1-7H3,(H,17,20). The first-order chi connectivity index (χ1) is 9.40. The zero-order valence-corrected chi connectivity index (χ0v) is 14.8. The molecule has 5 nitrogen and oxygen atoms in total. The molecule has 0 aromatic carbocycles. The number of aromatic nitrogens is 2. The Labute approximate surface area is 130 Å². The summed E-state index contributed by atoms with van der Waals surface area (Å²) in [5.74, 6) is -0.0898. The molecule has 1 saturated carbocycles. The van der Waals surface area contributed by atoms with Crippen LogP contribution in [0.5, 0.6) is 0 Å². The highest BCUT2D eigenvalue weighted by Crippen LogP contribution is 2.52. The predicted molar refractivity (Wildman–Crippen MR) is 85.4 cm³/mol. The molecule has 0 unspecified atom stereocenters.